The van der Waals surface area contributed by atoms with Gasteiger partial charge in [0.25, 0.3) is 5.91 Å². The molecule has 1 saturated heterocycles. The van der Waals surface area contributed by atoms with Gasteiger partial charge in [0.2, 0.25) is 15.9 Å². The van der Waals surface area contributed by atoms with E-state index >= 15 is 0 Å². The minimum atomic E-state index is -3.99. The molecule has 2 aromatic rings. The number of β-amino-alcohol motifs (C(OH)–C–C–N with tert-alkyl or cyclic N) is 1. The van der Waals surface area contributed by atoms with Crippen LogP contribution in [0.4, 0.5) is 5.69 Å². The van der Waals surface area contributed by atoms with Crippen molar-refractivity contribution >= 4 is 39.1 Å². The van der Waals surface area contributed by atoms with Crippen LogP contribution >= 0.6 is 11.6 Å². The van der Waals surface area contributed by atoms with Crippen LogP contribution in [0.15, 0.2) is 36.4 Å². The van der Waals surface area contributed by atoms with Crippen molar-refractivity contribution in [3.63, 3.8) is 0 Å². The van der Waals surface area contributed by atoms with Crippen molar-refractivity contribution in [2.45, 2.75) is 82.7 Å². The van der Waals surface area contributed by atoms with E-state index < -0.39 is 26.8 Å². The molecule has 2 N–H and O–H groups in total. The number of aliphatic hydroxyl groups is 1. The first-order chi connectivity index (χ1) is 25.2. The molecule has 1 aliphatic carbocycles. The number of hydrogen-bond donors (Lipinski definition) is 2. The molecule has 6 rings (SSSR count). The highest BCUT2D eigenvalue weighted by molar-refractivity contribution is 7.90. The largest absolute Gasteiger partial charge is 0.487 e. The fourth-order valence-corrected chi connectivity index (χ4v) is 10.1. The van der Waals surface area contributed by atoms with Crippen LogP contribution in [0.2, 0.25) is 5.02 Å². The van der Waals surface area contributed by atoms with Crippen LogP contribution in [0.5, 0.6) is 5.75 Å². The van der Waals surface area contributed by atoms with Crippen molar-refractivity contribution in [1.82, 2.24) is 19.4 Å². The number of anilines is 1. The topological polar surface area (TPSA) is 123 Å². The summed E-state index contributed by atoms with van der Waals surface area (Å²) in [7, 11) is 0.0244. The summed E-state index contributed by atoms with van der Waals surface area (Å²) in [6.07, 6.45) is 6.25. The number of sulfonamides is 1. The number of likely N-dealkylation sites (N-methyl/N-ethyl adjacent to an activating group) is 1. The van der Waals surface area contributed by atoms with E-state index in [1.54, 1.807) is 25.1 Å². The molecule has 1 saturated carbocycles. The first kappa shape index (κ1) is 39.8. The number of carbonyl (C=O) groups excluding carboxylic acids is 2. The van der Waals surface area contributed by atoms with Gasteiger partial charge < -0.3 is 24.5 Å². The number of halogens is 1. The highest BCUT2D eigenvalue weighted by Crippen LogP contribution is 2.46. The third-order valence-electron chi connectivity index (χ3n) is 12.3. The monoisotopic (exact) mass is 771 g/mol. The number of aryl methyl sites for hydroxylation is 1. The van der Waals surface area contributed by atoms with E-state index in [9.17, 15) is 23.1 Å². The maximum atomic E-state index is 13.6. The number of carbonyl (C=O) groups is 2. The van der Waals surface area contributed by atoms with Crippen LogP contribution in [0.3, 0.4) is 0 Å². The Hall–Kier alpha value is -2.90. The average molecular weight is 772 g/mol. The second kappa shape index (κ2) is 16.9. The maximum absolute atomic E-state index is 13.6. The summed E-state index contributed by atoms with van der Waals surface area (Å²) in [6, 6.07) is 11.1. The second-order valence-corrected chi connectivity index (χ2v) is 18.8. The van der Waals surface area contributed by atoms with Crippen LogP contribution in [0, 0.1) is 17.8 Å². The Morgan fingerprint density at radius 2 is 1.81 bits per heavy atom. The van der Waals surface area contributed by atoms with Crippen LogP contribution in [-0.4, -0.2) is 117 Å². The van der Waals surface area contributed by atoms with Crippen LogP contribution in [0.1, 0.15) is 80.3 Å². The lowest BCUT2D eigenvalue weighted by Crippen LogP contribution is -2.60. The van der Waals surface area contributed by atoms with Crippen molar-refractivity contribution < 1.29 is 27.9 Å². The van der Waals surface area contributed by atoms with Crippen LogP contribution in [0.25, 0.3) is 0 Å². The van der Waals surface area contributed by atoms with Crippen molar-refractivity contribution in [2.24, 2.45) is 17.8 Å². The number of fused-ring (bicyclic) bond motifs is 3. The van der Waals surface area contributed by atoms with Crippen molar-refractivity contribution in [3.05, 3.63) is 58.1 Å². The fraction of sp³-hybridized carbons (Fsp3) is 0.650. The van der Waals surface area contributed by atoms with Crippen LogP contribution in [-0.2, 0) is 27.8 Å². The molecule has 2 aromatic carbocycles. The Balaban J connectivity index is 1.32. The predicted molar refractivity (Wildman–Crippen MR) is 209 cm³/mol. The van der Waals surface area contributed by atoms with Gasteiger partial charge in [0.1, 0.15) is 12.4 Å². The van der Waals surface area contributed by atoms with Gasteiger partial charge in [0, 0.05) is 56.4 Å². The molecule has 2 fully saturated rings. The molecule has 292 valence electrons. The summed E-state index contributed by atoms with van der Waals surface area (Å²) in [5.41, 5.74) is 2.17. The number of amides is 2. The van der Waals surface area contributed by atoms with Gasteiger partial charge in [-0.2, -0.15) is 0 Å². The fourth-order valence-electron chi connectivity index (χ4n) is 8.63. The quantitative estimate of drug-likeness (QED) is 0.442. The molecule has 2 bridgehead atoms. The number of ether oxygens (including phenoxy) is 1. The summed E-state index contributed by atoms with van der Waals surface area (Å²) in [4.78, 5) is 35.2. The molecule has 5 atom stereocenters. The van der Waals surface area contributed by atoms with E-state index in [1.165, 1.54) is 0 Å². The van der Waals surface area contributed by atoms with E-state index in [0.717, 1.165) is 55.5 Å². The summed E-state index contributed by atoms with van der Waals surface area (Å²) in [6.45, 7) is 8.77. The number of rotatable bonds is 5. The zero-order chi connectivity index (χ0) is 37.9. The van der Waals surface area contributed by atoms with Gasteiger partial charge in [-0.3, -0.25) is 14.5 Å². The zero-order valence-electron chi connectivity index (χ0n) is 31.9. The lowest BCUT2D eigenvalue weighted by molar-refractivity contribution is -0.142. The highest BCUT2D eigenvalue weighted by atomic mass is 35.5. The first-order valence-electron chi connectivity index (χ1n) is 19.4. The summed E-state index contributed by atoms with van der Waals surface area (Å²) >= 11 is 6.38. The van der Waals surface area contributed by atoms with Crippen molar-refractivity contribution in [1.29, 1.82) is 0 Å². The number of nitrogens with zero attached hydrogens (tertiary/aromatic N) is 4. The second-order valence-electron chi connectivity index (χ2n) is 16.3. The zero-order valence-corrected chi connectivity index (χ0v) is 33.4. The normalized spacial score (nSPS) is 28.9. The number of hydrogen-bond acceptors (Lipinski definition) is 9. The maximum Gasteiger partial charge on any atom is 0.264 e. The Morgan fingerprint density at radius 3 is 2.55 bits per heavy atom. The minimum absolute atomic E-state index is 0.00849. The SMILES string of the molecule is C[C@@H]1[C@@H](C)CCC[C@](O)(CN2CCN(CCN(C)C)C(=O)C2)C2CC[C@H]2CN2CCCCc3cc(Cl)ccc3COc3ccc(cc32)C(=O)NS1(=O)=O. The van der Waals surface area contributed by atoms with Crippen LogP contribution < -0.4 is 14.4 Å². The molecule has 53 heavy (non-hydrogen) atoms. The van der Waals surface area contributed by atoms with Gasteiger partial charge in [0.15, 0.2) is 0 Å². The molecule has 13 heteroatoms. The third-order valence-corrected chi connectivity index (χ3v) is 14.5. The van der Waals surface area contributed by atoms with Gasteiger partial charge in [0.05, 0.1) is 23.1 Å². The standard InChI is InChI=1S/C40H58ClN5O6S/c1-28-8-7-16-40(49,27-44-19-21-45(38(47)25-44)20-18-43(3)4)35-14-11-32(35)24-46-17-6-5-9-30-22-34(41)13-10-33(30)26-52-37-15-12-31(23-36(37)46)39(48)42-53(50,51)29(28)2/h10,12-13,15,22-23,28-29,32,35,49H,5-9,11,14,16-21,24-27H2,1-4H3,(H,42,48)/t28-,29+,32-,35?,40-/m0/s1. The minimum Gasteiger partial charge on any atom is -0.487 e. The lowest BCUT2D eigenvalue weighted by atomic mass is 9.62. The Labute approximate surface area is 321 Å². The van der Waals surface area contributed by atoms with Gasteiger partial charge in [-0.1, -0.05) is 31.0 Å². The van der Waals surface area contributed by atoms with Crippen molar-refractivity contribution in [2.75, 3.05) is 71.4 Å². The summed E-state index contributed by atoms with van der Waals surface area (Å²) in [5, 5.41) is 12.6. The predicted octanol–water partition coefficient (Wildman–Crippen LogP) is 4.79. The molecule has 0 radical (unpaired) electrons. The Bertz CT molecular complexity index is 1740. The summed E-state index contributed by atoms with van der Waals surface area (Å²) in [5.74, 6) is 0.00978. The molecular weight excluding hydrogens is 714 g/mol. The molecule has 3 aliphatic heterocycles. The van der Waals surface area contributed by atoms with E-state index in [4.69, 9.17) is 16.3 Å². The molecule has 1 unspecified atom stereocenters. The molecule has 0 aromatic heterocycles. The molecular formula is C40H58ClN5O6S. The third kappa shape index (κ3) is 9.50. The molecule has 3 heterocycles. The molecule has 4 aliphatic rings. The lowest BCUT2D eigenvalue weighted by Gasteiger charge is -2.51. The number of piperazine rings is 1. The van der Waals surface area contributed by atoms with Gasteiger partial charge in [-0.25, -0.2) is 13.1 Å². The first-order valence-corrected chi connectivity index (χ1v) is 21.4. The van der Waals surface area contributed by atoms with Gasteiger partial charge in [-0.15, -0.1) is 0 Å². The molecule has 0 spiro atoms. The van der Waals surface area contributed by atoms with Gasteiger partial charge >= 0.3 is 0 Å². The number of benzene rings is 2. The van der Waals surface area contributed by atoms with E-state index in [0.29, 0.717) is 75.9 Å². The number of nitrogens with one attached hydrogen (secondary N) is 1. The average Bonchev–Trinajstić information content (AvgIpc) is 3.11. The van der Waals surface area contributed by atoms with E-state index in [-0.39, 0.29) is 35.8 Å². The smallest absolute Gasteiger partial charge is 0.264 e. The Morgan fingerprint density at radius 1 is 1.00 bits per heavy atom. The van der Waals surface area contributed by atoms with Gasteiger partial charge in [-0.05, 0) is 125 Å². The highest BCUT2D eigenvalue weighted by Gasteiger charge is 2.48. The molecule has 11 nitrogen and oxygen atoms in total. The van der Waals surface area contributed by atoms with E-state index in [2.05, 4.69) is 19.4 Å². The van der Waals surface area contributed by atoms with E-state index in [1.807, 2.05) is 44.1 Å². The molecule has 2 amide bonds. The van der Waals surface area contributed by atoms with Crippen molar-refractivity contribution in [3.8, 4) is 5.75 Å². The summed E-state index contributed by atoms with van der Waals surface area (Å²) < 4.78 is 35.9. The Kier molecular flexibility index (Phi) is 12.7.